The van der Waals surface area contributed by atoms with E-state index in [0.717, 1.165) is 25.9 Å². The molecule has 1 fully saturated rings. The number of likely N-dealkylation sites (tertiary alicyclic amines) is 1. The highest BCUT2D eigenvalue weighted by Gasteiger charge is 2.22. The first kappa shape index (κ1) is 18.4. The van der Waals surface area contributed by atoms with Gasteiger partial charge in [-0.1, -0.05) is 12.1 Å². The Balaban J connectivity index is 2.00. The Morgan fingerprint density at radius 3 is 2.92 bits per heavy atom. The second-order valence-corrected chi connectivity index (χ2v) is 6.41. The molecule has 1 atom stereocenters. The Morgan fingerprint density at radius 1 is 1.50 bits per heavy atom. The summed E-state index contributed by atoms with van der Waals surface area (Å²) in [6.45, 7) is 1.49. The quantitative estimate of drug-likeness (QED) is 0.893. The Bertz CT molecular complexity index is 569. The minimum atomic E-state index is -2.93. The van der Waals surface area contributed by atoms with E-state index in [1.807, 2.05) is 0 Å². The molecule has 1 aromatic rings. The fourth-order valence-corrected chi connectivity index (χ4v) is 3.09. The predicted molar refractivity (Wildman–Crippen MR) is 89.7 cm³/mol. The van der Waals surface area contributed by atoms with Crippen LogP contribution in [0.1, 0.15) is 18.4 Å². The normalized spacial score (nSPS) is 18.5. The van der Waals surface area contributed by atoms with Crippen LogP contribution in [0.2, 0.25) is 0 Å². The number of carbonyl (C=O) groups is 1. The highest BCUT2D eigenvalue weighted by atomic mass is 19.3. The Hall–Kier alpha value is -1.89. The largest absolute Gasteiger partial charge is 0.433 e. The number of hydrogen-bond donors (Lipinski definition) is 1. The van der Waals surface area contributed by atoms with Gasteiger partial charge in [0.25, 0.3) is 0 Å². The maximum absolute atomic E-state index is 12.5. The molecule has 134 valence electrons. The van der Waals surface area contributed by atoms with Crippen molar-refractivity contribution in [2.45, 2.75) is 26.4 Å². The smallest absolute Gasteiger partial charge is 0.387 e. The lowest BCUT2D eigenvalue weighted by Gasteiger charge is -2.32. The number of hydrogen-bond acceptors (Lipinski definition) is 3. The predicted octanol–water partition coefficient (Wildman–Crippen LogP) is 3.40. The summed E-state index contributed by atoms with van der Waals surface area (Å²) < 4.78 is 29.5. The molecule has 0 spiro atoms. The lowest BCUT2D eigenvalue weighted by Crippen LogP contribution is -2.41. The second kappa shape index (κ2) is 8.28. The zero-order valence-corrected chi connectivity index (χ0v) is 14.4. The minimum Gasteiger partial charge on any atom is -0.433 e. The van der Waals surface area contributed by atoms with Gasteiger partial charge in [0.1, 0.15) is 5.75 Å². The Kier molecular flexibility index (Phi) is 6.36. The van der Waals surface area contributed by atoms with E-state index in [2.05, 4.69) is 22.0 Å². The number of carbonyl (C=O) groups excluding carboxylic acids is 1. The topological polar surface area (TPSA) is 44.8 Å². The number of halogens is 2. The van der Waals surface area contributed by atoms with Gasteiger partial charge in [0.15, 0.2) is 0 Å². The van der Waals surface area contributed by atoms with Crippen molar-refractivity contribution in [3.05, 3.63) is 23.8 Å². The minimum absolute atomic E-state index is 0.0239. The Labute approximate surface area is 141 Å². The third kappa shape index (κ3) is 5.06. The van der Waals surface area contributed by atoms with Crippen LogP contribution in [-0.4, -0.2) is 56.2 Å². The number of anilines is 1. The molecule has 0 aliphatic carbocycles. The van der Waals surface area contributed by atoms with Crippen LogP contribution in [0.4, 0.5) is 19.3 Å². The molecule has 1 unspecified atom stereocenters. The molecule has 0 radical (unpaired) electrons. The van der Waals surface area contributed by atoms with Crippen LogP contribution in [0.25, 0.3) is 0 Å². The first-order valence-corrected chi connectivity index (χ1v) is 8.12. The van der Waals surface area contributed by atoms with E-state index < -0.39 is 6.61 Å². The van der Waals surface area contributed by atoms with E-state index in [0.29, 0.717) is 18.0 Å². The van der Waals surface area contributed by atoms with Gasteiger partial charge in [0.05, 0.1) is 5.69 Å². The summed E-state index contributed by atoms with van der Waals surface area (Å²) in [5.41, 5.74) is 0.961. The molecule has 0 aromatic heterocycles. The maximum atomic E-state index is 12.5. The summed E-state index contributed by atoms with van der Waals surface area (Å²) >= 11 is 0. The highest BCUT2D eigenvalue weighted by molar-refractivity contribution is 5.91. The first-order valence-electron chi connectivity index (χ1n) is 8.12. The van der Waals surface area contributed by atoms with Gasteiger partial charge in [0, 0.05) is 20.1 Å². The lowest BCUT2D eigenvalue weighted by atomic mass is 9.98. The summed E-state index contributed by atoms with van der Waals surface area (Å²) in [6.07, 6.45) is 2.22. The molecule has 7 heteroatoms. The number of nitrogens with zero attached hydrogens (tertiary/aromatic N) is 2. The van der Waals surface area contributed by atoms with Crippen molar-refractivity contribution in [3.8, 4) is 5.75 Å². The molecule has 1 N–H and O–H groups in total. The van der Waals surface area contributed by atoms with Crippen LogP contribution in [0.5, 0.6) is 5.75 Å². The van der Waals surface area contributed by atoms with E-state index in [1.165, 1.54) is 6.07 Å². The lowest BCUT2D eigenvalue weighted by molar-refractivity contribution is -0.0493. The molecule has 1 aromatic carbocycles. The molecule has 2 rings (SSSR count). The van der Waals surface area contributed by atoms with Crippen molar-refractivity contribution >= 4 is 11.7 Å². The molecule has 1 aliphatic rings. The van der Waals surface area contributed by atoms with Crippen LogP contribution in [0.15, 0.2) is 18.2 Å². The van der Waals surface area contributed by atoms with Gasteiger partial charge in [0.2, 0.25) is 0 Å². The van der Waals surface area contributed by atoms with Crippen molar-refractivity contribution in [1.29, 1.82) is 0 Å². The number of ether oxygens (including phenoxy) is 1. The third-order valence-corrected chi connectivity index (χ3v) is 4.28. The van der Waals surface area contributed by atoms with E-state index in [1.54, 1.807) is 31.0 Å². The van der Waals surface area contributed by atoms with Crippen molar-refractivity contribution in [3.63, 3.8) is 0 Å². The van der Waals surface area contributed by atoms with Gasteiger partial charge in [-0.05, 0) is 50.9 Å². The van der Waals surface area contributed by atoms with Crippen LogP contribution < -0.4 is 10.1 Å². The van der Waals surface area contributed by atoms with Gasteiger partial charge >= 0.3 is 12.6 Å². The number of para-hydroxylation sites is 1. The van der Waals surface area contributed by atoms with Crippen molar-refractivity contribution in [2.75, 3.05) is 39.0 Å². The summed E-state index contributed by atoms with van der Waals surface area (Å²) in [4.78, 5) is 16.3. The van der Waals surface area contributed by atoms with E-state index in [4.69, 9.17) is 0 Å². The van der Waals surface area contributed by atoms with Gasteiger partial charge in [-0.25, -0.2) is 4.79 Å². The van der Waals surface area contributed by atoms with Crippen molar-refractivity contribution < 1.29 is 18.3 Å². The van der Waals surface area contributed by atoms with Crippen LogP contribution >= 0.6 is 0 Å². The monoisotopic (exact) mass is 341 g/mol. The van der Waals surface area contributed by atoms with Gasteiger partial charge in [-0.2, -0.15) is 8.78 Å². The third-order valence-electron chi connectivity index (χ3n) is 4.28. The second-order valence-electron chi connectivity index (χ2n) is 6.41. The molecule has 2 amide bonds. The Morgan fingerprint density at radius 2 is 2.25 bits per heavy atom. The average molecular weight is 341 g/mol. The molecular formula is C17H25F2N3O2. The van der Waals surface area contributed by atoms with Crippen LogP contribution in [-0.2, 0) is 0 Å². The molecule has 1 saturated heterocycles. The van der Waals surface area contributed by atoms with Crippen molar-refractivity contribution in [2.24, 2.45) is 5.92 Å². The molecule has 1 aliphatic heterocycles. The zero-order chi connectivity index (χ0) is 17.7. The fourth-order valence-electron chi connectivity index (χ4n) is 3.09. The number of urea groups is 1. The molecule has 0 bridgehead atoms. The van der Waals surface area contributed by atoms with Gasteiger partial charge < -0.3 is 19.9 Å². The fraction of sp³-hybridized carbons (Fsp3) is 0.588. The number of nitrogens with one attached hydrogen (secondary N) is 1. The maximum Gasteiger partial charge on any atom is 0.387 e. The van der Waals surface area contributed by atoms with E-state index in [-0.39, 0.29) is 17.5 Å². The van der Waals surface area contributed by atoms with Gasteiger partial charge in [-0.3, -0.25) is 0 Å². The average Bonchev–Trinajstić information content (AvgIpc) is 2.50. The molecule has 1 heterocycles. The number of amides is 2. The summed E-state index contributed by atoms with van der Waals surface area (Å²) in [5.74, 6) is 0.400. The summed E-state index contributed by atoms with van der Waals surface area (Å²) in [6, 6.07) is 4.45. The molecule has 0 saturated carbocycles. The van der Waals surface area contributed by atoms with Gasteiger partial charge in [-0.15, -0.1) is 0 Å². The molecular weight excluding hydrogens is 316 g/mol. The first-order chi connectivity index (χ1) is 11.4. The van der Waals surface area contributed by atoms with Crippen LogP contribution in [0.3, 0.4) is 0 Å². The summed E-state index contributed by atoms with van der Waals surface area (Å²) in [7, 11) is 3.80. The number of piperidine rings is 1. The highest BCUT2D eigenvalue weighted by Crippen LogP contribution is 2.29. The number of aryl methyl sites for hydroxylation is 1. The van der Waals surface area contributed by atoms with E-state index in [9.17, 15) is 13.6 Å². The van der Waals surface area contributed by atoms with E-state index >= 15 is 0 Å². The van der Waals surface area contributed by atoms with Crippen molar-refractivity contribution in [1.82, 2.24) is 9.80 Å². The zero-order valence-electron chi connectivity index (χ0n) is 14.4. The van der Waals surface area contributed by atoms with Crippen LogP contribution in [0, 0.1) is 12.8 Å². The SMILES string of the molecule is Cc1cccc(OC(F)F)c1NC(=O)N(C)CC1CCCN(C)C1. The summed E-state index contributed by atoms with van der Waals surface area (Å²) in [5, 5.41) is 2.70. The number of rotatable bonds is 5. The number of benzene rings is 1. The molecule has 24 heavy (non-hydrogen) atoms. The number of alkyl halides is 2. The molecule has 5 nitrogen and oxygen atoms in total. The standard InChI is InChI=1S/C17H25F2N3O2/c1-12-6-4-8-14(24-16(18)19)15(12)20-17(23)22(3)11-13-7-5-9-21(2)10-13/h4,6,8,13,16H,5,7,9-11H2,1-3H3,(H,20,23).